The molecule has 1 aromatic carbocycles. The van der Waals surface area contributed by atoms with Crippen molar-refractivity contribution in [1.82, 2.24) is 9.80 Å². The van der Waals surface area contributed by atoms with Crippen LogP contribution in [0.4, 0.5) is 4.39 Å². The summed E-state index contributed by atoms with van der Waals surface area (Å²) in [6, 6.07) is 5.86. The molecule has 2 aliphatic heterocycles. The number of carbonyl (C=O) groups excluding carboxylic acids is 1. The first-order valence-electron chi connectivity index (χ1n) is 7.34. The summed E-state index contributed by atoms with van der Waals surface area (Å²) in [5.41, 5.74) is 1.000. The third kappa shape index (κ3) is 3.38. The number of hydrogen-bond acceptors (Lipinski definition) is 4. The van der Waals surface area contributed by atoms with Gasteiger partial charge in [0.1, 0.15) is 5.82 Å². The number of sulfonamides is 1. The first-order chi connectivity index (χ1) is 11.4. The van der Waals surface area contributed by atoms with Crippen LogP contribution >= 0.6 is 0 Å². The van der Waals surface area contributed by atoms with E-state index in [9.17, 15) is 17.6 Å². The van der Waals surface area contributed by atoms with Crippen LogP contribution in [0.15, 0.2) is 52.6 Å². The number of allylic oxidation sites excluding steroid dienone is 2. The van der Waals surface area contributed by atoms with Gasteiger partial charge in [0.2, 0.25) is 0 Å². The van der Waals surface area contributed by atoms with Crippen LogP contribution in [0.3, 0.4) is 0 Å². The van der Waals surface area contributed by atoms with Gasteiger partial charge in [-0.15, -0.1) is 4.40 Å². The second-order valence-electron chi connectivity index (χ2n) is 5.60. The van der Waals surface area contributed by atoms with E-state index in [2.05, 4.69) is 4.40 Å². The quantitative estimate of drug-likeness (QED) is 0.824. The number of likely N-dealkylation sites (N-methyl/N-ethyl adjacent to an activating group) is 1. The molecule has 0 N–H and O–H groups in total. The second kappa shape index (κ2) is 6.20. The third-order valence-corrected chi connectivity index (χ3v) is 4.92. The maximum absolute atomic E-state index is 13.0. The predicted molar refractivity (Wildman–Crippen MR) is 88.0 cm³/mol. The van der Waals surface area contributed by atoms with Gasteiger partial charge in [-0.3, -0.25) is 4.79 Å². The van der Waals surface area contributed by atoms with Crippen molar-refractivity contribution in [3.63, 3.8) is 0 Å². The Hall–Kier alpha value is -2.48. The van der Waals surface area contributed by atoms with Crippen molar-refractivity contribution in [2.24, 2.45) is 4.40 Å². The highest BCUT2D eigenvalue weighted by Crippen LogP contribution is 2.19. The van der Waals surface area contributed by atoms with Crippen molar-refractivity contribution in [3.8, 4) is 0 Å². The number of amides is 1. The Bertz CT molecular complexity index is 857. The van der Waals surface area contributed by atoms with E-state index in [1.807, 2.05) is 0 Å². The van der Waals surface area contributed by atoms with E-state index in [4.69, 9.17) is 0 Å². The van der Waals surface area contributed by atoms with E-state index in [0.717, 1.165) is 5.56 Å². The van der Waals surface area contributed by atoms with Crippen LogP contribution in [0.2, 0.25) is 0 Å². The van der Waals surface area contributed by atoms with E-state index in [1.54, 1.807) is 42.4 Å². The van der Waals surface area contributed by atoms with Crippen molar-refractivity contribution in [2.45, 2.75) is 6.54 Å². The Balaban J connectivity index is 1.83. The summed E-state index contributed by atoms with van der Waals surface area (Å²) in [6.45, 7) is 0.546. The molecule has 8 heteroatoms. The summed E-state index contributed by atoms with van der Waals surface area (Å²) in [5.74, 6) is -0.609. The topological polar surface area (TPSA) is 70.1 Å². The van der Waals surface area contributed by atoms with E-state index in [1.165, 1.54) is 17.0 Å². The maximum atomic E-state index is 13.0. The van der Waals surface area contributed by atoms with Crippen molar-refractivity contribution < 1.29 is 17.6 Å². The third-order valence-electron chi connectivity index (χ3n) is 3.77. The molecule has 2 heterocycles. The van der Waals surface area contributed by atoms with E-state index in [0.29, 0.717) is 0 Å². The molecular formula is C16H16FN3O3S. The molecule has 126 valence electrons. The first kappa shape index (κ1) is 16.4. The first-order valence-corrected chi connectivity index (χ1v) is 8.95. The standard InChI is InChI=1S/C16H16FN3O3S/c1-19(11-12-4-6-13(17)7-5-12)16(21)14-3-2-8-20-9-10-24(22,23)18-15(14)20/h2-8H,9-11H2,1H3. The lowest BCUT2D eigenvalue weighted by Crippen LogP contribution is -2.42. The smallest absolute Gasteiger partial charge is 0.257 e. The van der Waals surface area contributed by atoms with E-state index >= 15 is 0 Å². The van der Waals surface area contributed by atoms with Crippen LogP contribution < -0.4 is 0 Å². The largest absolute Gasteiger partial charge is 0.337 e. The van der Waals surface area contributed by atoms with Crippen LogP contribution in [-0.4, -0.2) is 49.3 Å². The molecule has 0 unspecified atom stereocenters. The second-order valence-corrected chi connectivity index (χ2v) is 7.36. The highest BCUT2D eigenvalue weighted by molar-refractivity contribution is 7.90. The minimum atomic E-state index is -3.55. The van der Waals surface area contributed by atoms with Crippen LogP contribution in [-0.2, 0) is 21.4 Å². The molecule has 0 aliphatic carbocycles. The Morgan fingerprint density at radius 3 is 2.75 bits per heavy atom. The predicted octanol–water partition coefficient (Wildman–Crippen LogP) is 1.28. The molecule has 0 fully saturated rings. The number of hydrogen-bond donors (Lipinski definition) is 0. The lowest BCUT2D eigenvalue weighted by molar-refractivity contribution is -0.125. The molecule has 2 aliphatic rings. The van der Waals surface area contributed by atoms with Gasteiger partial charge < -0.3 is 9.80 Å². The van der Waals surface area contributed by atoms with Gasteiger partial charge in [0.25, 0.3) is 15.9 Å². The Kier molecular flexibility index (Phi) is 4.23. The molecule has 6 nitrogen and oxygen atoms in total. The summed E-state index contributed by atoms with van der Waals surface area (Å²) in [6.07, 6.45) is 4.94. The zero-order chi connectivity index (χ0) is 17.3. The van der Waals surface area contributed by atoms with Crippen LogP contribution in [0, 0.1) is 5.82 Å². The zero-order valence-electron chi connectivity index (χ0n) is 13.0. The van der Waals surface area contributed by atoms with Gasteiger partial charge in [0.05, 0.1) is 11.3 Å². The van der Waals surface area contributed by atoms with Crippen LogP contribution in [0.1, 0.15) is 5.56 Å². The zero-order valence-corrected chi connectivity index (χ0v) is 13.8. The van der Waals surface area contributed by atoms with Crippen LogP contribution in [0.25, 0.3) is 0 Å². The summed E-state index contributed by atoms with van der Waals surface area (Å²) in [5, 5.41) is 0. The highest BCUT2D eigenvalue weighted by Gasteiger charge is 2.31. The van der Waals surface area contributed by atoms with Crippen molar-refractivity contribution in [1.29, 1.82) is 0 Å². The Morgan fingerprint density at radius 2 is 2.04 bits per heavy atom. The summed E-state index contributed by atoms with van der Waals surface area (Å²) in [7, 11) is -1.95. The van der Waals surface area contributed by atoms with Gasteiger partial charge in [-0.25, -0.2) is 12.8 Å². The number of halogens is 1. The minimum Gasteiger partial charge on any atom is -0.337 e. The summed E-state index contributed by atoms with van der Waals surface area (Å²) < 4.78 is 40.2. The monoisotopic (exact) mass is 349 g/mol. The fourth-order valence-corrected chi connectivity index (χ4v) is 3.51. The molecule has 3 rings (SSSR count). The van der Waals surface area contributed by atoms with E-state index in [-0.39, 0.29) is 42.0 Å². The fraction of sp³-hybridized carbons (Fsp3) is 0.250. The number of carbonyl (C=O) groups is 1. The highest BCUT2D eigenvalue weighted by atomic mass is 32.2. The van der Waals surface area contributed by atoms with Crippen LogP contribution in [0.5, 0.6) is 0 Å². The average molecular weight is 349 g/mol. The fourth-order valence-electron chi connectivity index (χ4n) is 2.52. The lowest BCUT2D eigenvalue weighted by atomic mass is 10.1. The Morgan fingerprint density at radius 1 is 1.33 bits per heavy atom. The molecule has 1 aromatic rings. The SMILES string of the molecule is CN(Cc1ccc(F)cc1)C(=O)C1=CC=CN2CCS(=O)(=O)N=C12. The summed E-state index contributed by atoms with van der Waals surface area (Å²) in [4.78, 5) is 15.8. The normalized spacial score (nSPS) is 18.5. The molecule has 0 saturated carbocycles. The van der Waals surface area contributed by atoms with Gasteiger partial charge in [0, 0.05) is 26.3 Å². The van der Waals surface area contributed by atoms with Gasteiger partial charge in [-0.05, 0) is 29.8 Å². The van der Waals surface area contributed by atoms with E-state index < -0.39 is 10.0 Å². The molecule has 24 heavy (non-hydrogen) atoms. The Labute approximate surface area is 139 Å². The number of benzene rings is 1. The molecule has 0 radical (unpaired) electrons. The number of amidine groups is 1. The van der Waals surface area contributed by atoms with Crippen molar-refractivity contribution in [2.75, 3.05) is 19.3 Å². The van der Waals surface area contributed by atoms with Gasteiger partial charge in [-0.2, -0.15) is 0 Å². The average Bonchev–Trinajstić information content (AvgIpc) is 2.55. The molecule has 0 saturated heterocycles. The number of rotatable bonds is 3. The number of nitrogens with zero attached hydrogens (tertiary/aromatic N) is 3. The van der Waals surface area contributed by atoms with Gasteiger partial charge >= 0.3 is 0 Å². The van der Waals surface area contributed by atoms with Crippen molar-refractivity contribution >= 4 is 21.8 Å². The van der Waals surface area contributed by atoms with Gasteiger partial charge in [0.15, 0.2) is 5.84 Å². The van der Waals surface area contributed by atoms with Crippen molar-refractivity contribution in [3.05, 3.63) is 59.6 Å². The lowest BCUT2D eigenvalue weighted by Gasteiger charge is -2.30. The molecule has 0 atom stereocenters. The molecule has 0 bridgehead atoms. The maximum Gasteiger partial charge on any atom is 0.257 e. The molecule has 1 amide bonds. The number of fused-ring (bicyclic) bond motifs is 1. The molecular weight excluding hydrogens is 333 g/mol. The molecule has 0 spiro atoms. The minimum absolute atomic E-state index is 0.0757. The van der Waals surface area contributed by atoms with Gasteiger partial charge in [-0.1, -0.05) is 12.1 Å². The molecule has 0 aromatic heterocycles. The summed E-state index contributed by atoms with van der Waals surface area (Å²) >= 11 is 0.